The first-order chi connectivity index (χ1) is 15.9. The maximum Gasteiger partial charge on any atom is 0.379 e. The Morgan fingerprint density at radius 1 is 1.06 bits per heavy atom. The molecule has 0 aliphatic carbocycles. The number of Topliss-reactive ketones (excluding diaryl/α,β-unsaturated/α-hetero) is 1. The van der Waals surface area contributed by atoms with Gasteiger partial charge in [-0.3, -0.25) is 4.79 Å². The van der Waals surface area contributed by atoms with Crippen LogP contribution in [0.15, 0.2) is 70.8 Å². The number of carbonyl (C=O) groups is 2. The Bertz CT molecular complexity index is 1460. The molecule has 0 unspecified atom stereocenters. The van der Waals surface area contributed by atoms with E-state index in [4.69, 9.17) is 18.6 Å². The molecule has 0 atom stereocenters. The molecular formula is C26H17FO6. The number of fused-ring (bicyclic) bond motifs is 2. The fraction of sp³-hybridized carbons (Fsp3) is 0.0769. The van der Waals surface area contributed by atoms with Gasteiger partial charge in [-0.1, -0.05) is 30.3 Å². The number of benzene rings is 3. The molecule has 0 fully saturated rings. The molecule has 7 heteroatoms. The van der Waals surface area contributed by atoms with Gasteiger partial charge in [0.05, 0.1) is 12.7 Å². The first-order valence-corrected chi connectivity index (χ1v) is 10.1. The molecule has 5 rings (SSSR count). The first-order valence-electron chi connectivity index (χ1n) is 10.1. The van der Waals surface area contributed by atoms with E-state index in [1.165, 1.54) is 25.3 Å². The van der Waals surface area contributed by atoms with Crippen molar-refractivity contribution < 1.29 is 32.6 Å². The summed E-state index contributed by atoms with van der Waals surface area (Å²) in [5, 5.41) is 0.697. The van der Waals surface area contributed by atoms with Crippen LogP contribution in [0.1, 0.15) is 32.0 Å². The SMILES string of the molecule is COc1cccc2cc(C(=O)Oc3cc(C)c4c(c3)O/C(=C\c3ccccc3F)C4=O)oc12. The van der Waals surface area contributed by atoms with Gasteiger partial charge in [0.25, 0.3) is 0 Å². The number of para-hydroxylation sites is 1. The van der Waals surface area contributed by atoms with Crippen LogP contribution in [0.2, 0.25) is 0 Å². The molecule has 0 spiro atoms. The van der Waals surface area contributed by atoms with E-state index in [9.17, 15) is 14.0 Å². The average molecular weight is 444 g/mol. The van der Waals surface area contributed by atoms with Crippen molar-refractivity contribution in [1.29, 1.82) is 0 Å². The molecule has 33 heavy (non-hydrogen) atoms. The zero-order chi connectivity index (χ0) is 23.1. The molecule has 0 amide bonds. The molecule has 0 saturated heterocycles. The normalized spacial score (nSPS) is 13.8. The molecular weight excluding hydrogens is 427 g/mol. The van der Waals surface area contributed by atoms with Crippen molar-refractivity contribution >= 4 is 28.8 Å². The smallest absolute Gasteiger partial charge is 0.379 e. The topological polar surface area (TPSA) is 75.0 Å². The monoisotopic (exact) mass is 444 g/mol. The van der Waals surface area contributed by atoms with E-state index in [0.717, 1.165) is 0 Å². The molecule has 1 aromatic heterocycles. The van der Waals surface area contributed by atoms with E-state index in [0.29, 0.717) is 27.8 Å². The summed E-state index contributed by atoms with van der Waals surface area (Å²) in [5.41, 5.74) is 1.57. The van der Waals surface area contributed by atoms with E-state index < -0.39 is 11.8 Å². The summed E-state index contributed by atoms with van der Waals surface area (Å²) in [4.78, 5) is 25.5. The molecule has 6 nitrogen and oxygen atoms in total. The van der Waals surface area contributed by atoms with Gasteiger partial charge in [0.15, 0.2) is 17.1 Å². The summed E-state index contributed by atoms with van der Waals surface area (Å²) in [6.07, 6.45) is 1.35. The Labute approximate surface area is 187 Å². The van der Waals surface area contributed by atoms with Crippen molar-refractivity contribution in [1.82, 2.24) is 0 Å². The predicted molar refractivity (Wildman–Crippen MR) is 118 cm³/mol. The van der Waals surface area contributed by atoms with Gasteiger partial charge in [-0.25, -0.2) is 9.18 Å². The van der Waals surface area contributed by atoms with Crippen molar-refractivity contribution in [2.45, 2.75) is 6.92 Å². The Morgan fingerprint density at radius 2 is 1.88 bits per heavy atom. The summed E-state index contributed by atoms with van der Waals surface area (Å²) in [5.74, 6) is -0.629. The molecule has 0 N–H and O–H groups in total. The zero-order valence-corrected chi connectivity index (χ0v) is 17.7. The van der Waals surface area contributed by atoms with Gasteiger partial charge in [0.2, 0.25) is 11.5 Å². The van der Waals surface area contributed by atoms with Gasteiger partial charge >= 0.3 is 5.97 Å². The van der Waals surface area contributed by atoms with Gasteiger partial charge in [-0.2, -0.15) is 0 Å². The number of ketones is 1. The number of carbonyl (C=O) groups excluding carboxylic acids is 2. The van der Waals surface area contributed by atoms with E-state index in [1.807, 2.05) is 0 Å². The van der Waals surface area contributed by atoms with Crippen LogP contribution in [-0.2, 0) is 0 Å². The average Bonchev–Trinajstić information content (AvgIpc) is 3.37. The molecule has 164 valence electrons. The highest BCUT2D eigenvalue weighted by Gasteiger charge is 2.31. The van der Waals surface area contributed by atoms with Crippen molar-refractivity contribution in [3.63, 3.8) is 0 Å². The number of rotatable bonds is 4. The molecule has 0 bridgehead atoms. The van der Waals surface area contributed by atoms with Gasteiger partial charge < -0.3 is 18.6 Å². The maximum atomic E-state index is 14.0. The van der Waals surface area contributed by atoms with Crippen molar-refractivity contribution in [3.8, 4) is 17.2 Å². The van der Waals surface area contributed by atoms with Crippen LogP contribution in [0.3, 0.4) is 0 Å². The summed E-state index contributed by atoms with van der Waals surface area (Å²) in [6, 6.07) is 16.0. The van der Waals surface area contributed by atoms with E-state index in [1.54, 1.807) is 55.5 Å². The largest absolute Gasteiger partial charge is 0.493 e. The number of esters is 1. The zero-order valence-electron chi connectivity index (χ0n) is 17.7. The number of hydrogen-bond acceptors (Lipinski definition) is 6. The Morgan fingerprint density at radius 3 is 2.67 bits per heavy atom. The minimum Gasteiger partial charge on any atom is -0.493 e. The summed E-state index contributed by atoms with van der Waals surface area (Å²) >= 11 is 0. The number of ether oxygens (including phenoxy) is 3. The van der Waals surface area contributed by atoms with Gasteiger partial charge in [-0.15, -0.1) is 0 Å². The second-order valence-electron chi connectivity index (χ2n) is 7.45. The second kappa shape index (κ2) is 7.94. The summed E-state index contributed by atoms with van der Waals surface area (Å²) in [7, 11) is 1.51. The Balaban J connectivity index is 1.43. The lowest BCUT2D eigenvalue weighted by molar-refractivity contribution is 0.0703. The van der Waals surface area contributed by atoms with Crippen molar-refractivity contribution in [3.05, 3.63) is 94.7 Å². The lowest BCUT2D eigenvalue weighted by Gasteiger charge is -2.06. The van der Waals surface area contributed by atoms with Crippen LogP contribution in [-0.4, -0.2) is 18.9 Å². The molecule has 4 aromatic rings. The van der Waals surface area contributed by atoms with Crippen molar-refractivity contribution in [2.75, 3.05) is 7.11 Å². The third kappa shape index (κ3) is 3.63. The minimum absolute atomic E-state index is 0.00443. The number of hydrogen-bond donors (Lipinski definition) is 0. The Kier molecular flexibility index (Phi) is 4.94. The van der Waals surface area contributed by atoms with Crippen LogP contribution >= 0.6 is 0 Å². The second-order valence-corrected chi connectivity index (χ2v) is 7.45. The van der Waals surface area contributed by atoms with Gasteiger partial charge in [-0.05, 0) is 42.8 Å². The van der Waals surface area contributed by atoms with Crippen LogP contribution < -0.4 is 14.2 Å². The van der Waals surface area contributed by atoms with Crippen LogP contribution in [0.4, 0.5) is 4.39 Å². The molecule has 3 aromatic carbocycles. The molecule has 2 heterocycles. The standard InChI is InChI=1S/C26H17FO6/c1-14-10-17(31-26(29)22-12-16-7-5-9-19(30-2)25(16)33-22)13-20-23(14)24(28)21(32-20)11-15-6-3-4-8-18(15)27/h3-13H,1-2H3/b21-11-. The third-order valence-electron chi connectivity index (χ3n) is 5.28. The lowest BCUT2D eigenvalue weighted by Crippen LogP contribution is -2.07. The van der Waals surface area contributed by atoms with Crippen LogP contribution in [0, 0.1) is 12.7 Å². The molecule has 1 aliphatic heterocycles. The predicted octanol–water partition coefficient (Wildman–Crippen LogP) is 5.72. The molecule has 0 radical (unpaired) electrons. The summed E-state index contributed by atoms with van der Waals surface area (Å²) < 4.78 is 36.0. The van der Waals surface area contributed by atoms with E-state index in [-0.39, 0.29) is 34.4 Å². The lowest BCUT2D eigenvalue weighted by atomic mass is 10.0. The highest BCUT2D eigenvalue weighted by Crippen LogP contribution is 2.38. The number of aryl methyl sites for hydroxylation is 1. The molecule has 0 saturated carbocycles. The summed E-state index contributed by atoms with van der Waals surface area (Å²) in [6.45, 7) is 1.70. The van der Waals surface area contributed by atoms with Crippen molar-refractivity contribution in [2.24, 2.45) is 0 Å². The fourth-order valence-electron chi connectivity index (χ4n) is 3.72. The fourth-order valence-corrected chi connectivity index (χ4v) is 3.72. The molecule has 1 aliphatic rings. The van der Waals surface area contributed by atoms with Gasteiger partial charge in [0, 0.05) is 17.0 Å². The van der Waals surface area contributed by atoms with Crippen LogP contribution in [0.25, 0.3) is 17.0 Å². The Hall–Kier alpha value is -4.39. The van der Waals surface area contributed by atoms with Gasteiger partial charge in [0.1, 0.15) is 17.3 Å². The van der Waals surface area contributed by atoms with Crippen LogP contribution in [0.5, 0.6) is 17.2 Å². The maximum absolute atomic E-state index is 14.0. The number of halogens is 1. The first kappa shape index (κ1) is 20.5. The third-order valence-corrected chi connectivity index (χ3v) is 5.28. The number of allylic oxidation sites excluding steroid dienone is 1. The minimum atomic E-state index is -0.709. The highest BCUT2D eigenvalue weighted by molar-refractivity contribution is 6.15. The number of furan rings is 1. The quantitative estimate of drug-likeness (QED) is 0.228. The number of methoxy groups -OCH3 is 1. The highest BCUT2D eigenvalue weighted by atomic mass is 19.1. The van der Waals surface area contributed by atoms with E-state index >= 15 is 0 Å². The van der Waals surface area contributed by atoms with E-state index in [2.05, 4.69) is 0 Å².